The minimum absolute atomic E-state index is 0.238. The highest BCUT2D eigenvalue weighted by Crippen LogP contribution is 2.20. The van der Waals surface area contributed by atoms with Crippen LogP contribution in [0.25, 0.3) is 0 Å². The summed E-state index contributed by atoms with van der Waals surface area (Å²) in [7, 11) is 0. The second-order valence-electron chi connectivity index (χ2n) is 7.44. The molecule has 21 heavy (non-hydrogen) atoms. The van der Waals surface area contributed by atoms with Crippen molar-refractivity contribution in [3.05, 3.63) is 11.6 Å². The lowest BCUT2D eigenvalue weighted by atomic mass is 9.86. The molecule has 124 valence electrons. The van der Waals surface area contributed by atoms with Gasteiger partial charge >= 0.3 is 0 Å². The maximum absolute atomic E-state index is 12.0. The number of rotatable bonds is 12. The third kappa shape index (κ3) is 11.7. The molecule has 0 aromatic carbocycles. The van der Waals surface area contributed by atoms with E-state index in [4.69, 9.17) is 0 Å². The van der Waals surface area contributed by atoms with E-state index >= 15 is 0 Å². The summed E-state index contributed by atoms with van der Waals surface area (Å²) in [5.74, 6) is 0.287. The minimum Gasteiger partial charge on any atom is -0.294 e. The zero-order chi connectivity index (χ0) is 16.1. The van der Waals surface area contributed by atoms with Gasteiger partial charge in [-0.25, -0.2) is 0 Å². The summed E-state index contributed by atoms with van der Waals surface area (Å²) in [4.78, 5) is 12.0. The van der Waals surface area contributed by atoms with E-state index in [9.17, 15) is 4.79 Å². The van der Waals surface area contributed by atoms with Crippen LogP contribution in [0.3, 0.4) is 0 Å². The predicted molar refractivity (Wildman–Crippen MR) is 94.7 cm³/mol. The summed E-state index contributed by atoms with van der Waals surface area (Å²) < 4.78 is 0. The quantitative estimate of drug-likeness (QED) is 0.284. The molecule has 1 heteroatoms. The first-order valence-corrected chi connectivity index (χ1v) is 9.11. The van der Waals surface area contributed by atoms with E-state index in [1.54, 1.807) is 0 Å². The van der Waals surface area contributed by atoms with Crippen LogP contribution in [0.1, 0.15) is 105 Å². The highest BCUT2D eigenvalue weighted by atomic mass is 16.1. The Morgan fingerprint density at radius 3 is 1.67 bits per heavy atom. The fourth-order valence-electron chi connectivity index (χ4n) is 2.63. The van der Waals surface area contributed by atoms with Crippen LogP contribution < -0.4 is 0 Å². The van der Waals surface area contributed by atoms with E-state index < -0.39 is 0 Å². The highest BCUT2D eigenvalue weighted by molar-refractivity contribution is 5.98. The number of ketones is 1. The molecule has 0 amide bonds. The Balaban J connectivity index is 3.49. The zero-order valence-electron chi connectivity index (χ0n) is 15.3. The molecule has 0 aliphatic carbocycles. The van der Waals surface area contributed by atoms with Crippen LogP contribution in [0.15, 0.2) is 11.6 Å². The average Bonchev–Trinajstić information content (AvgIpc) is 2.42. The predicted octanol–water partition coefficient (Wildman–Crippen LogP) is 6.86. The van der Waals surface area contributed by atoms with Crippen molar-refractivity contribution < 1.29 is 4.79 Å². The summed E-state index contributed by atoms with van der Waals surface area (Å²) in [5.41, 5.74) is 0.705. The van der Waals surface area contributed by atoms with E-state index in [1.165, 1.54) is 64.2 Å². The minimum atomic E-state index is -0.238. The number of allylic oxidation sites excluding steroid dienone is 2. The van der Waals surface area contributed by atoms with Gasteiger partial charge in [-0.1, -0.05) is 91.6 Å². The zero-order valence-corrected chi connectivity index (χ0v) is 15.3. The molecule has 0 N–H and O–H groups in total. The van der Waals surface area contributed by atoms with E-state index in [0.29, 0.717) is 0 Å². The highest BCUT2D eigenvalue weighted by Gasteiger charge is 2.21. The molecule has 0 saturated carbocycles. The van der Waals surface area contributed by atoms with Gasteiger partial charge in [0, 0.05) is 5.41 Å². The molecule has 0 rings (SSSR count). The van der Waals surface area contributed by atoms with Crippen molar-refractivity contribution in [3.63, 3.8) is 0 Å². The lowest BCUT2D eigenvalue weighted by Crippen LogP contribution is -2.20. The van der Waals surface area contributed by atoms with E-state index in [1.807, 2.05) is 27.7 Å². The molecular formula is C20H38O. The SMILES string of the molecule is CCCCCCCCCCCCC=C(C)C(=O)C(C)(C)C. The van der Waals surface area contributed by atoms with Gasteiger partial charge < -0.3 is 0 Å². The number of unbranched alkanes of at least 4 members (excludes halogenated alkanes) is 10. The number of carbonyl (C=O) groups is 1. The van der Waals surface area contributed by atoms with Crippen LogP contribution in [-0.2, 0) is 4.79 Å². The lowest BCUT2D eigenvalue weighted by Gasteiger charge is -2.16. The van der Waals surface area contributed by atoms with Crippen molar-refractivity contribution in [2.45, 2.75) is 105 Å². The van der Waals surface area contributed by atoms with Gasteiger partial charge in [0.05, 0.1) is 0 Å². The summed E-state index contributed by atoms with van der Waals surface area (Å²) in [5, 5.41) is 0. The topological polar surface area (TPSA) is 17.1 Å². The molecule has 0 heterocycles. The summed E-state index contributed by atoms with van der Waals surface area (Å²) in [6.07, 6.45) is 16.9. The van der Waals surface area contributed by atoms with Gasteiger partial charge in [0.15, 0.2) is 5.78 Å². The molecular weight excluding hydrogens is 256 g/mol. The normalized spacial score (nSPS) is 12.7. The van der Waals surface area contributed by atoms with E-state index in [0.717, 1.165) is 12.0 Å². The Bertz CT molecular complexity index is 293. The Morgan fingerprint density at radius 1 is 0.810 bits per heavy atom. The van der Waals surface area contributed by atoms with E-state index in [2.05, 4.69) is 13.0 Å². The van der Waals surface area contributed by atoms with Gasteiger partial charge in [0.25, 0.3) is 0 Å². The first-order chi connectivity index (χ1) is 9.89. The summed E-state index contributed by atoms with van der Waals surface area (Å²) in [6, 6.07) is 0. The molecule has 0 unspecified atom stereocenters. The molecule has 0 fully saturated rings. The lowest BCUT2D eigenvalue weighted by molar-refractivity contribution is -0.122. The Kier molecular flexibility index (Phi) is 11.7. The maximum Gasteiger partial charge on any atom is 0.163 e. The maximum atomic E-state index is 12.0. The number of Topliss-reactive ketones (excluding diaryl/α,β-unsaturated/α-hetero) is 1. The first kappa shape index (κ1) is 20.4. The summed E-state index contributed by atoms with van der Waals surface area (Å²) >= 11 is 0. The van der Waals surface area contributed by atoms with Crippen LogP contribution in [0.5, 0.6) is 0 Å². The molecule has 0 aromatic rings. The number of carbonyl (C=O) groups excluding carboxylic acids is 1. The van der Waals surface area contributed by atoms with Gasteiger partial charge in [-0.2, -0.15) is 0 Å². The molecule has 0 saturated heterocycles. The molecule has 0 aromatic heterocycles. The van der Waals surface area contributed by atoms with Crippen LogP contribution >= 0.6 is 0 Å². The van der Waals surface area contributed by atoms with Crippen molar-refractivity contribution >= 4 is 5.78 Å². The van der Waals surface area contributed by atoms with Crippen molar-refractivity contribution in [3.8, 4) is 0 Å². The molecule has 0 bridgehead atoms. The van der Waals surface area contributed by atoms with Gasteiger partial charge in [0.2, 0.25) is 0 Å². The fourth-order valence-corrected chi connectivity index (χ4v) is 2.63. The van der Waals surface area contributed by atoms with Crippen molar-refractivity contribution in [1.29, 1.82) is 0 Å². The van der Waals surface area contributed by atoms with Crippen LogP contribution in [0, 0.1) is 5.41 Å². The number of hydrogen-bond donors (Lipinski definition) is 0. The first-order valence-electron chi connectivity index (χ1n) is 9.11. The molecule has 0 spiro atoms. The van der Waals surface area contributed by atoms with Crippen LogP contribution in [-0.4, -0.2) is 5.78 Å². The Labute approximate surface area is 133 Å². The van der Waals surface area contributed by atoms with Crippen molar-refractivity contribution in [2.75, 3.05) is 0 Å². The van der Waals surface area contributed by atoms with Gasteiger partial charge in [-0.15, -0.1) is 0 Å². The molecule has 0 atom stereocenters. The summed E-state index contributed by atoms with van der Waals surface area (Å²) in [6.45, 7) is 10.2. The second kappa shape index (κ2) is 12.0. The smallest absolute Gasteiger partial charge is 0.163 e. The molecule has 0 radical (unpaired) electrons. The fraction of sp³-hybridized carbons (Fsp3) is 0.850. The van der Waals surface area contributed by atoms with Gasteiger partial charge in [0.1, 0.15) is 0 Å². The van der Waals surface area contributed by atoms with Crippen molar-refractivity contribution in [2.24, 2.45) is 5.41 Å². The third-order valence-corrected chi connectivity index (χ3v) is 4.05. The van der Waals surface area contributed by atoms with Crippen molar-refractivity contribution in [1.82, 2.24) is 0 Å². The van der Waals surface area contributed by atoms with Gasteiger partial charge in [-0.3, -0.25) is 4.79 Å². The van der Waals surface area contributed by atoms with Crippen LogP contribution in [0.2, 0.25) is 0 Å². The molecule has 0 aliphatic heterocycles. The average molecular weight is 295 g/mol. The largest absolute Gasteiger partial charge is 0.294 e. The number of hydrogen-bond acceptors (Lipinski definition) is 1. The Hall–Kier alpha value is -0.590. The molecule has 0 aliphatic rings. The standard InChI is InChI=1S/C20H38O/c1-6-7-8-9-10-11-12-13-14-15-16-17-18(2)19(21)20(3,4)5/h17H,6-16H2,1-5H3. The van der Waals surface area contributed by atoms with Gasteiger partial charge in [-0.05, 0) is 25.3 Å². The van der Waals surface area contributed by atoms with E-state index in [-0.39, 0.29) is 11.2 Å². The van der Waals surface area contributed by atoms with Crippen LogP contribution in [0.4, 0.5) is 0 Å². The monoisotopic (exact) mass is 294 g/mol. The molecule has 1 nitrogen and oxygen atoms in total. The Morgan fingerprint density at radius 2 is 1.24 bits per heavy atom. The second-order valence-corrected chi connectivity index (χ2v) is 7.44. The third-order valence-electron chi connectivity index (χ3n) is 4.05.